The average molecular weight is 423 g/mol. The summed E-state index contributed by atoms with van der Waals surface area (Å²) in [4.78, 5) is 13.7. The molecule has 1 amide bonds. The second kappa shape index (κ2) is 8.63. The predicted octanol–water partition coefficient (Wildman–Crippen LogP) is 3.09. The van der Waals surface area contributed by atoms with Crippen LogP contribution in [0.15, 0.2) is 34.5 Å². The van der Waals surface area contributed by atoms with E-state index >= 15 is 0 Å². The smallest absolute Gasteiger partial charge is 0.246 e. The lowest BCUT2D eigenvalue weighted by atomic mass is 9.97. The summed E-state index contributed by atoms with van der Waals surface area (Å²) in [6.07, 6.45) is 1.03. The van der Waals surface area contributed by atoms with Crippen LogP contribution in [0.2, 0.25) is 0 Å². The van der Waals surface area contributed by atoms with Crippen LogP contribution in [0, 0.1) is 19.8 Å². The summed E-state index contributed by atoms with van der Waals surface area (Å²) in [5.74, 6) is 0.196. The van der Waals surface area contributed by atoms with Crippen LogP contribution in [-0.2, 0) is 21.4 Å². The number of hydrogen-bond donors (Lipinski definition) is 1. The van der Waals surface area contributed by atoms with Crippen LogP contribution in [0.3, 0.4) is 0 Å². The number of rotatable bonds is 6. The van der Waals surface area contributed by atoms with Crippen molar-refractivity contribution in [3.8, 4) is 5.75 Å². The molecule has 1 saturated heterocycles. The van der Waals surface area contributed by atoms with Gasteiger partial charge in [0.25, 0.3) is 0 Å². The molecule has 0 unspecified atom stereocenters. The Hall–Kier alpha value is -1.90. The highest BCUT2D eigenvalue weighted by atomic mass is 32.2. The van der Waals surface area contributed by atoms with Crippen molar-refractivity contribution in [3.05, 3.63) is 45.6 Å². The first-order chi connectivity index (χ1) is 13.3. The summed E-state index contributed by atoms with van der Waals surface area (Å²) in [7, 11) is -2.18. The van der Waals surface area contributed by atoms with Crippen LogP contribution in [0.4, 0.5) is 0 Å². The van der Waals surface area contributed by atoms with E-state index in [4.69, 9.17) is 4.74 Å². The highest BCUT2D eigenvalue weighted by molar-refractivity contribution is 7.89. The number of amides is 1. The molecule has 2 heterocycles. The maximum absolute atomic E-state index is 13.1. The summed E-state index contributed by atoms with van der Waals surface area (Å²) in [5, 5.41) is 4.93. The van der Waals surface area contributed by atoms with Gasteiger partial charge < -0.3 is 10.1 Å². The molecular weight excluding hydrogens is 396 g/mol. The minimum Gasteiger partial charge on any atom is -0.495 e. The van der Waals surface area contributed by atoms with Gasteiger partial charge in [-0.1, -0.05) is 6.07 Å². The second-order valence-electron chi connectivity index (χ2n) is 7.06. The standard InChI is InChI=1S/C20H26N2O4S2/c1-14-11-18(26-3)19(12-15(14)2)28(24,25)22-8-6-16(7-9-22)20(23)21-13-17-5-4-10-27-17/h4-5,10-12,16H,6-9,13H2,1-3H3,(H,21,23). The normalized spacial score (nSPS) is 16.1. The van der Waals surface area contributed by atoms with E-state index in [1.165, 1.54) is 11.4 Å². The molecule has 0 saturated carbocycles. The maximum Gasteiger partial charge on any atom is 0.246 e. The SMILES string of the molecule is COc1cc(C)c(C)cc1S(=O)(=O)N1CCC(C(=O)NCc2cccs2)CC1. The Labute approximate surface area is 170 Å². The highest BCUT2D eigenvalue weighted by Crippen LogP contribution is 2.32. The largest absolute Gasteiger partial charge is 0.495 e. The van der Waals surface area contributed by atoms with Gasteiger partial charge in [0.05, 0.1) is 13.7 Å². The Morgan fingerprint density at radius 1 is 1.25 bits per heavy atom. The second-order valence-corrected chi connectivity index (χ2v) is 10.0. The zero-order chi connectivity index (χ0) is 20.3. The molecule has 8 heteroatoms. The van der Waals surface area contributed by atoms with E-state index in [2.05, 4.69) is 5.32 Å². The van der Waals surface area contributed by atoms with Crippen LogP contribution in [0.5, 0.6) is 5.75 Å². The van der Waals surface area contributed by atoms with Crippen LogP contribution in [0.1, 0.15) is 28.8 Å². The number of sulfonamides is 1. The molecule has 0 radical (unpaired) electrons. The Balaban J connectivity index is 1.65. The summed E-state index contributed by atoms with van der Waals surface area (Å²) >= 11 is 1.60. The van der Waals surface area contributed by atoms with Crippen molar-refractivity contribution in [3.63, 3.8) is 0 Å². The first kappa shape index (κ1) is 20.8. The summed E-state index contributed by atoms with van der Waals surface area (Å²) in [6, 6.07) is 7.37. The molecule has 0 atom stereocenters. The molecule has 1 N–H and O–H groups in total. The molecule has 1 fully saturated rings. The number of carbonyl (C=O) groups is 1. The fraction of sp³-hybridized carbons (Fsp3) is 0.450. The number of benzene rings is 1. The molecule has 1 aliphatic rings. The van der Waals surface area contributed by atoms with E-state index in [1.54, 1.807) is 23.5 Å². The molecule has 2 aromatic rings. The van der Waals surface area contributed by atoms with Crippen LogP contribution >= 0.6 is 11.3 Å². The zero-order valence-corrected chi connectivity index (χ0v) is 18.0. The minimum atomic E-state index is -3.66. The number of piperidine rings is 1. The van der Waals surface area contributed by atoms with E-state index in [1.807, 2.05) is 31.4 Å². The number of carbonyl (C=O) groups excluding carboxylic acids is 1. The van der Waals surface area contributed by atoms with Crippen molar-refractivity contribution in [1.29, 1.82) is 0 Å². The first-order valence-electron chi connectivity index (χ1n) is 9.28. The molecule has 3 rings (SSSR count). The Morgan fingerprint density at radius 3 is 2.54 bits per heavy atom. The van der Waals surface area contributed by atoms with Crippen molar-refractivity contribution in [2.75, 3.05) is 20.2 Å². The van der Waals surface area contributed by atoms with Gasteiger partial charge in [-0.3, -0.25) is 4.79 Å². The third kappa shape index (κ3) is 4.39. The number of aryl methyl sites for hydroxylation is 2. The molecule has 28 heavy (non-hydrogen) atoms. The summed E-state index contributed by atoms with van der Waals surface area (Å²) in [6.45, 7) is 4.99. The number of hydrogen-bond acceptors (Lipinski definition) is 5. The van der Waals surface area contributed by atoms with Gasteiger partial charge in [-0.2, -0.15) is 4.31 Å². The first-order valence-corrected chi connectivity index (χ1v) is 11.6. The number of thiophene rings is 1. The average Bonchev–Trinajstić information content (AvgIpc) is 3.21. The fourth-order valence-electron chi connectivity index (χ4n) is 3.35. The molecule has 6 nitrogen and oxygen atoms in total. The molecule has 0 bridgehead atoms. The highest BCUT2D eigenvalue weighted by Gasteiger charge is 2.33. The summed E-state index contributed by atoms with van der Waals surface area (Å²) < 4.78 is 33.0. The molecule has 0 aliphatic carbocycles. The monoisotopic (exact) mass is 422 g/mol. The molecule has 152 valence electrons. The van der Waals surface area contributed by atoms with Crippen molar-refractivity contribution in [2.45, 2.75) is 38.1 Å². The third-order valence-electron chi connectivity index (χ3n) is 5.24. The van der Waals surface area contributed by atoms with Gasteiger partial charge in [0.1, 0.15) is 10.6 Å². The van der Waals surface area contributed by atoms with Gasteiger partial charge >= 0.3 is 0 Å². The van der Waals surface area contributed by atoms with E-state index in [0.717, 1.165) is 16.0 Å². The lowest BCUT2D eigenvalue weighted by Crippen LogP contribution is -2.42. The minimum absolute atomic E-state index is 0.00536. The quantitative estimate of drug-likeness (QED) is 0.776. The third-order valence-corrected chi connectivity index (χ3v) is 8.04. The molecule has 1 aromatic carbocycles. The number of nitrogens with one attached hydrogen (secondary N) is 1. The van der Waals surface area contributed by atoms with E-state index in [0.29, 0.717) is 38.2 Å². The van der Waals surface area contributed by atoms with Crippen molar-refractivity contribution in [1.82, 2.24) is 9.62 Å². The summed E-state index contributed by atoms with van der Waals surface area (Å²) in [5.41, 5.74) is 1.89. The lowest BCUT2D eigenvalue weighted by molar-refractivity contribution is -0.126. The topological polar surface area (TPSA) is 75.7 Å². The number of methoxy groups -OCH3 is 1. The van der Waals surface area contributed by atoms with Crippen LogP contribution < -0.4 is 10.1 Å². The predicted molar refractivity (Wildman–Crippen MR) is 110 cm³/mol. The van der Waals surface area contributed by atoms with E-state index < -0.39 is 10.0 Å². The molecule has 0 spiro atoms. The van der Waals surface area contributed by atoms with Gasteiger partial charge in [-0.25, -0.2) is 8.42 Å². The molecule has 1 aromatic heterocycles. The van der Waals surface area contributed by atoms with Crippen LogP contribution in [-0.4, -0.2) is 38.8 Å². The Bertz CT molecular complexity index is 931. The van der Waals surface area contributed by atoms with Gasteiger partial charge in [0.15, 0.2) is 0 Å². The van der Waals surface area contributed by atoms with Crippen molar-refractivity contribution < 1.29 is 17.9 Å². The van der Waals surface area contributed by atoms with Crippen molar-refractivity contribution >= 4 is 27.3 Å². The number of ether oxygens (including phenoxy) is 1. The lowest BCUT2D eigenvalue weighted by Gasteiger charge is -2.31. The van der Waals surface area contributed by atoms with Gasteiger partial charge in [0, 0.05) is 23.9 Å². The maximum atomic E-state index is 13.1. The van der Waals surface area contributed by atoms with Crippen molar-refractivity contribution in [2.24, 2.45) is 5.92 Å². The van der Waals surface area contributed by atoms with Crippen LogP contribution in [0.25, 0.3) is 0 Å². The number of nitrogens with zero attached hydrogens (tertiary/aromatic N) is 1. The van der Waals surface area contributed by atoms with Gasteiger partial charge in [0.2, 0.25) is 15.9 Å². The molecule has 1 aliphatic heterocycles. The van der Waals surface area contributed by atoms with E-state index in [-0.39, 0.29) is 16.7 Å². The van der Waals surface area contributed by atoms with Gasteiger partial charge in [-0.05, 0) is 61.4 Å². The zero-order valence-electron chi connectivity index (χ0n) is 16.4. The molecular formula is C20H26N2O4S2. The van der Waals surface area contributed by atoms with Gasteiger partial charge in [-0.15, -0.1) is 11.3 Å². The Kier molecular flexibility index (Phi) is 6.42. The fourth-order valence-corrected chi connectivity index (χ4v) is 5.69. The Morgan fingerprint density at radius 2 is 1.93 bits per heavy atom. The van der Waals surface area contributed by atoms with E-state index in [9.17, 15) is 13.2 Å².